The van der Waals surface area contributed by atoms with Crippen molar-refractivity contribution in [3.8, 4) is 0 Å². The number of aryl methyl sites for hydroxylation is 1. The van der Waals surface area contributed by atoms with Gasteiger partial charge in [0.2, 0.25) is 5.91 Å². The van der Waals surface area contributed by atoms with E-state index in [0.717, 1.165) is 29.5 Å². The normalized spacial score (nSPS) is 18.3. The number of urea groups is 1. The van der Waals surface area contributed by atoms with Gasteiger partial charge in [0.15, 0.2) is 0 Å². The lowest BCUT2D eigenvalue weighted by Gasteiger charge is -2.21. The topological polar surface area (TPSA) is 78.5 Å². The van der Waals surface area contributed by atoms with Crippen LogP contribution in [0.15, 0.2) is 54.6 Å². The Bertz CT molecular complexity index is 950. The summed E-state index contributed by atoms with van der Waals surface area (Å²) in [4.78, 5) is 39.0. The van der Waals surface area contributed by atoms with Crippen molar-refractivity contribution in [3.05, 3.63) is 71.3 Å². The van der Waals surface area contributed by atoms with E-state index in [1.54, 1.807) is 0 Å². The van der Waals surface area contributed by atoms with E-state index in [9.17, 15) is 14.4 Å². The molecular weight excluding hydrogens is 390 g/mol. The zero-order valence-electron chi connectivity index (χ0n) is 17.9. The van der Waals surface area contributed by atoms with Gasteiger partial charge < -0.3 is 10.6 Å². The van der Waals surface area contributed by atoms with Gasteiger partial charge in [0.05, 0.1) is 6.04 Å². The summed E-state index contributed by atoms with van der Waals surface area (Å²) in [6.07, 6.45) is 4.04. The Morgan fingerprint density at radius 2 is 1.68 bits per heavy atom. The highest BCUT2D eigenvalue weighted by Gasteiger charge is 2.52. The molecule has 1 unspecified atom stereocenters. The summed E-state index contributed by atoms with van der Waals surface area (Å²) in [6.45, 7) is 2.30. The maximum Gasteiger partial charge on any atom is 0.325 e. The molecule has 2 aliphatic rings. The number of hydrogen-bond acceptors (Lipinski definition) is 3. The van der Waals surface area contributed by atoms with Gasteiger partial charge in [0, 0.05) is 13.0 Å². The van der Waals surface area contributed by atoms with E-state index in [1.165, 1.54) is 4.90 Å². The largest absolute Gasteiger partial charge is 0.345 e. The summed E-state index contributed by atoms with van der Waals surface area (Å²) in [5, 5.41) is 6.01. The minimum Gasteiger partial charge on any atom is -0.345 e. The van der Waals surface area contributed by atoms with Gasteiger partial charge in [-0.3, -0.25) is 14.5 Å². The molecule has 2 aromatic carbocycles. The second-order valence-corrected chi connectivity index (χ2v) is 8.60. The molecule has 1 aliphatic carbocycles. The monoisotopic (exact) mass is 419 g/mol. The van der Waals surface area contributed by atoms with Crippen LogP contribution in [-0.4, -0.2) is 34.8 Å². The van der Waals surface area contributed by atoms with E-state index >= 15 is 0 Å². The minimum atomic E-state index is -0.691. The first-order chi connectivity index (χ1) is 15.0. The van der Waals surface area contributed by atoms with Crippen LogP contribution in [0.2, 0.25) is 0 Å². The molecular formula is C25H29N3O3. The van der Waals surface area contributed by atoms with E-state index < -0.39 is 5.54 Å². The van der Waals surface area contributed by atoms with Crippen LogP contribution in [0, 0.1) is 6.92 Å². The van der Waals surface area contributed by atoms with Crippen LogP contribution in [0.4, 0.5) is 4.79 Å². The van der Waals surface area contributed by atoms with Gasteiger partial charge in [0.25, 0.3) is 5.91 Å². The molecule has 4 amide bonds. The van der Waals surface area contributed by atoms with E-state index in [-0.39, 0.29) is 36.9 Å². The third-order valence-corrected chi connectivity index (χ3v) is 6.34. The molecule has 0 aromatic heterocycles. The molecule has 1 spiro atoms. The second-order valence-electron chi connectivity index (χ2n) is 8.60. The van der Waals surface area contributed by atoms with Gasteiger partial charge in [0.1, 0.15) is 5.54 Å². The van der Waals surface area contributed by atoms with Crippen LogP contribution >= 0.6 is 0 Å². The van der Waals surface area contributed by atoms with E-state index in [2.05, 4.69) is 10.6 Å². The summed E-state index contributed by atoms with van der Waals surface area (Å²) in [5.74, 6) is -0.228. The van der Waals surface area contributed by atoms with Gasteiger partial charge >= 0.3 is 6.03 Å². The number of carbonyl (C=O) groups excluding carboxylic acids is 3. The molecule has 1 saturated heterocycles. The molecule has 0 bridgehead atoms. The SMILES string of the molecule is Cc1ccc(C(NC(=O)CCCN2C(=O)NC3(CCCC3)C2=O)c2ccccc2)cc1. The molecule has 162 valence electrons. The Morgan fingerprint density at radius 3 is 2.35 bits per heavy atom. The van der Waals surface area contributed by atoms with Crippen molar-refractivity contribution >= 4 is 17.8 Å². The predicted molar refractivity (Wildman–Crippen MR) is 118 cm³/mol. The average molecular weight is 420 g/mol. The van der Waals surface area contributed by atoms with Gasteiger partial charge in [-0.2, -0.15) is 0 Å². The van der Waals surface area contributed by atoms with Crippen LogP contribution in [0.1, 0.15) is 61.3 Å². The molecule has 31 heavy (non-hydrogen) atoms. The lowest BCUT2D eigenvalue weighted by atomic mass is 9.97. The Hall–Kier alpha value is -3.15. The molecule has 1 atom stereocenters. The Morgan fingerprint density at radius 1 is 1.03 bits per heavy atom. The van der Waals surface area contributed by atoms with E-state index in [0.29, 0.717) is 19.3 Å². The fourth-order valence-electron chi connectivity index (χ4n) is 4.59. The number of carbonyl (C=O) groups is 3. The van der Waals surface area contributed by atoms with Crippen molar-refractivity contribution < 1.29 is 14.4 Å². The fraction of sp³-hybridized carbons (Fsp3) is 0.400. The van der Waals surface area contributed by atoms with Crippen LogP contribution in [0.25, 0.3) is 0 Å². The van der Waals surface area contributed by atoms with Crippen molar-refractivity contribution in [2.24, 2.45) is 0 Å². The van der Waals surface area contributed by atoms with Crippen molar-refractivity contribution in [1.82, 2.24) is 15.5 Å². The molecule has 0 radical (unpaired) electrons. The number of hydrogen-bond donors (Lipinski definition) is 2. The first-order valence-corrected chi connectivity index (χ1v) is 11.0. The average Bonchev–Trinajstić information content (AvgIpc) is 3.33. The Balaban J connectivity index is 1.37. The maximum atomic E-state index is 12.7. The molecule has 1 aliphatic heterocycles. The molecule has 6 nitrogen and oxygen atoms in total. The smallest absolute Gasteiger partial charge is 0.325 e. The van der Waals surface area contributed by atoms with Gasteiger partial charge in [-0.1, -0.05) is 73.0 Å². The highest BCUT2D eigenvalue weighted by atomic mass is 16.2. The standard InChI is InChI=1S/C25H29N3O3/c1-18-11-13-20(14-12-18)22(19-8-3-2-4-9-19)26-21(29)10-7-17-28-23(30)25(27-24(28)31)15-5-6-16-25/h2-4,8-9,11-14,22H,5-7,10,15-17H2,1H3,(H,26,29)(H,27,31). The molecule has 4 rings (SSSR count). The Labute approximate surface area is 183 Å². The van der Waals surface area contributed by atoms with Crippen molar-refractivity contribution in [3.63, 3.8) is 0 Å². The summed E-state index contributed by atoms with van der Waals surface area (Å²) in [6, 6.07) is 17.4. The summed E-state index contributed by atoms with van der Waals surface area (Å²) in [5.41, 5.74) is 2.50. The maximum absolute atomic E-state index is 12.7. The van der Waals surface area contributed by atoms with Crippen LogP contribution in [-0.2, 0) is 9.59 Å². The van der Waals surface area contributed by atoms with E-state index in [1.807, 2.05) is 61.5 Å². The zero-order chi connectivity index (χ0) is 21.8. The highest BCUT2D eigenvalue weighted by Crippen LogP contribution is 2.35. The van der Waals surface area contributed by atoms with Crippen molar-refractivity contribution in [2.45, 2.75) is 57.0 Å². The number of nitrogens with one attached hydrogen (secondary N) is 2. The lowest BCUT2D eigenvalue weighted by Crippen LogP contribution is -2.44. The number of imide groups is 1. The first-order valence-electron chi connectivity index (χ1n) is 11.0. The summed E-state index contributed by atoms with van der Waals surface area (Å²) < 4.78 is 0. The molecule has 1 saturated carbocycles. The molecule has 1 heterocycles. The molecule has 2 aromatic rings. The number of nitrogens with zero attached hydrogens (tertiary/aromatic N) is 1. The summed E-state index contributed by atoms with van der Waals surface area (Å²) in [7, 11) is 0. The van der Waals surface area contributed by atoms with Gasteiger partial charge in [-0.05, 0) is 37.3 Å². The fourth-order valence-corrected chi connectivity index (χ4v) is 4.59. The second kappa shape index (κ2) is 8.92. The summed E-state index contributed by atoms with van der Waals surface area (Å²) >= 11 is 0. The van der Waals surface area contributed by atoms with Gasteiger partial charge in [-0.15, -0.1) is 0 Å². The number of rotatable bonds is 7. The quantitative estimate of drug-likeness (QED) is 0.669. The van der Waals surface area contributed by atoms with Crippen LogP contribution in [0.5, 0.6) is 0 Å². The van der Waals surface area contributed by atoms with E-state index in [4.69, 9.17) is 0 Å². The van der Waals surface area contributed by atoms with Crippen LogP contribution < -0.4 is 10.6 Å². The zero-order valence-corrected chi connectivity index (χ0v) is 17.9. The highest BCUT2D eigenvalue weighted by molar-refractivity contribution is 6.07. The third-order valence-electron chi connectivity index (χ3n) is 6.34. The third kappa shape index (κ3) is 4.48. The predicted octanol–water partition coefficient (Wildman–Crippen LogP) is 3.85. The van der Waals surface area contributed by atoms with Crippen molar-refractivity contribution in [1.29, 1.82) is 0 Å². The van der Waals surface area contributed by atoms with Crippen LogP contribution in [0.3, 0.4) is 0 Å². The van der Waals surface area contributed by atoms with Crippen molar-refractivity contribution in [2.75, 3.05) is 6.54 Å². The van der Waals surface area contributed by atoms with Gasteiger partial charge in [-0.25, -0.2) is 4.79 Å². The number of benzene rings is 2. The first kappa shape index (κ1) is 21.1. The Kier molecular flexibility index (Phi) is 6.07. The molecule has 6 heteroatoms. The molecule has 2 N–H and O–H groups in total. The number of amides is 4. The minimum absolute atomic E-state index is 0.0999. The molecule has 2 fully saturated rings. The lowest BCUT2D eigenvalue weighted by molar-refractivity contribution is -0.131.